The molecule has 3 atom stereocenters. The molecule has 1 amide bonds. The first-order valence-corrected chi connectivity index (χ1v) is 8.81. The fraction of sp³-hybridized carbons (Fsp3) is 0.421. The van der Waals surface area contributed by atoms with Gasteiger partial charge in [0.15, 0.2) is 0 Å². The standard InChI is InChI=1S/C19H21N3O4/c23-18(17-16-5-8-25-11-14(16)12-26-17)21-15-4-1-3-13(9-15)10-22-7-2-6-20-19(22)24/h1-4,6-7,9,14,16-17H,5,8,10-12H2,(H,21,23)/t14-,16-,17+/m0/s1. The van der Waals surface area contributed by atoms with Crippen molar-refractivity contribution in [1.29, 1.82) is 0 Å². The van der Waals surface area contributed by atoms with Crippen LogP contribution in [-0.2, 0) is 20.8 Å². The molecule has 136 valence electrons. The van der Waals surface area contributed by atoms with Crippen LogP contribution in [0.3, 0.4) is 0 Å². The highest BCUT2D eigenvalue weighted by Gasteiger charge is 2.42. The maximum atomic E-state index is 12.7. The molecule has 4 rings (SSSR count). The summed E-state index contributed by atoms with van der Waals surface area (Å²) in [7, 11) is 0. The van der Waals surface area contributed by atoms with Crippen molar-refractivity contribution >= 4 is 11.6 Å². The van der Waals surface area contributed by atoms with Crippen molar-refractivity contribution in [2.24, 2.45) is 11.8 Å². The number of benzene rings is 1. The molecule has 2 saturated heterocycles. The summed E-state index contributed by atoms with van der Waals surface area (Å²) in [5.41, 5.74) is 1.31. The van der Waals surface area contributed by atoms with E-state index in [0.29, 0.717) is 38.0 Å². The van der Waals surface area contributed by atoms with Gasteiger partial charge in [0.25, 0.3) is 5.91 Å². The number of ether oxygens (including phenoxy) is 2. The molecule has 1 aromatic carbocycles. The number of fused-ring (bicyclic) bond motifs is 1. The van der Waals surface area contributed by atoms with Gasteiger partial charge in [-0.2, -0.15) is 0 Å². The van der Waals surface area contributed by atoms with Crippen molar-refractivity contribution in [2.45, 2.75) is 19.1 Å². The lowest BCUT2D eigenvalue weighted by molar-refractivity contribution is -0.126. The summed E-state index contributed by atoms with van der Waals surface area (Å²) in [5.74, 6) is 0.416. The molecule has 0 saturated carbocycles. The minimum Gasteiger partial charge on any atom is -0.381 e. The zero-order valence-corrected chi connectivity index (χ0v) is 14.3. The Labute approximate surface area is 151 Å². The Balaban J connectivity index is 1.44. The number of nitrogens with one attached hydrogen (secondary N) is 1. The molecule has 0 unspecified atom stereocenters. The summed E-state index contributed by atoms with van der Waals surface area (Å²) < 4.78 is 12.7. The van der Waals surface area contributed by atoms with Gasteiger partial charge in [-0.25, -0.2) is 9.78 Å². The number of anilines is 1. The second kappa shape index (κ2) is 7.39. The van der Waals surface area contributed by atoms with Gasteiger partial charge in [0, 0.05) is 36.5 Å². The van der Waals surface area contributed by atoms with Crippen molar-refractivity contribution < 1.29 is 14.3 Å². The number of aromatic nitrogens is 2. The molecule has 2 aromatic rings. The third kappa shape index (κ3) is 3.54. The molecule has 2 aliphatic heterocycles. The van der Waals surface area contributed by atoms with E-state index in [2.05, 4.69) is 10.3 Å². The van der Waals surface area contributed by atoms with Gasteiger partial charge in [-0.1, -0.05) is 12.1 Å². The van der Waals surface area contributed by atoms with Crippen LogP contribution in [0.5, 0.6) is 0 Å². The van der Waals surface area contributed by atoms with E-state index in [1.165, 1.54) is 10.8 Å². The Hall–Kier alpha value is -2.51. The molecular weight excluding hydrogens is 334 g/mol. The minimum atomic E-state index is -0.423. The minimum absolute atomic E-state index is 0.116. The van der Waals surface area contributed by atoms with Gasteiger partial charge in [0.05, 0.1) is 19.8 Å². The van der Waals surface area contributed by atoms with Gasteiger partial charge in [-0.05, 0) is 30.2 Å². The van der Waals surface area contributed by atoms with Crippen LogP contribution in [0.15, 0.2) is 47.5 Å². The normalized spacial score (nSPS) is 24.8. The van der Waals surface area contributed by atoms with E-state index in [9.17, 15) is 9.59 Å². The first-order chi connectivity index (χ1) is 12.7. The molecule has 0 bridgehead atoms. The fourth-order valence-electron chi connectivity index (χ4n) is 3.67. The first-order valence-electron chi connectivity index (χ1n) is 8.81. The van der Waals surface area contributed by atoms with E-state index >= 15 is 0 Å². The average molecular weight is 355 g/mol. The van der Waals surface area contributed by atoms with Crippen LogP contribution in [0.25, 0.3) is 0 Å². The lowest BCUT2D eigenvalue weighted by atomic mass is 9.86. The monoisotopic (exact) mass is 355 g/mol. The van der Waals surface area contributed by atoms with Crippen molar-refractivity contribution in [2.75, 3.05) is 25.1 Å². The summed E-state index contributed by atoms with van der Waals surface area (Å²) in [6.45, 7) is 2.33. The molecule has 0 aliphatic carbocycles. The molecule has 26 heavy (non-hydrogen) atoms. The van der Waals surface area contributed by atoms with Crippen molar-refractivity contribution in [3.63, 3.8) is 0 Å². The van der Waals surface area contributed by atoms with E-state index in [1.807, 2.05) is 24.3 Å². The molecule has 2 fully saturated rings. The Morgan fingerprint density at radius 1 is 1.31 bits per heavy atom. The SMILES string of the molecule is O=C(Nc1cccc(Cn2cccnc2=O)c1)[C@@H]1OC[C@@H]2COCC[C@@H]21. The highest BCUT2D eigenvalue weighted by Crippen LogP contribution is 2.33. The predicted molar refractivity (Wildman–Crippen MR) is 94.8 cm³/mol. The van der Waals surface area contributed by atoms with Gasteiger partial charge < -0.3 is 14.8 Å². The Morgan fingerprint density at radius 3 is 3.12 bits per heavy atom. The predicted octanol–water partition coefficient (Wildman–Crippen LogP) is 1.28. The maximum Gasteiger partial charge on any atom is 0.347 e. The third-order valence-electron chi connectivity index (χ3n) is 5.00. The lowest BCUT2D eigenvalue weighted by Crippen LogP contribution is -2.37. The molecule has 7 heteroatoms. The lowest BCUT2D eigenvalue weighted by Gasteiger charge is -2.26. The summed E-state index contributed by atoms with van der Waals surface area (Å²) in [4.78, 5) is 28.1. The van der Waals surface area contributed by atoms with Gasteiger partial charge in [0.1, 0.15) is 6.10 Å². The molecular formula is C19H21N3O4. The van der Waals surface area contributed by atoms with Crippen LogP contribution in [0, 0.1) is 11.8 Å². The number of rotatable bonds is 4. The summed E-state index contributed by atoms with van der Waals surface area (Å²) in [5, 5.41) is 2.95. The zero-order chi connectivity index (χ0) is 17.9. The highest BCUT2D eigenvalue weighted by molar-refractivity contribution is 5.94. The summed E-state index contributed by atoms with van der Waals surface area (Å²) in [6.07, 6.45) is 3.60. The molecule has 2 aliphatic rings. The number of amides is 1. The zero-order valence-electron chi connectivity index (χ0n) is 14.3. The van der Waals surface area contributed by atoms with Gasteiger partial charge >= 0.3 is 5.69 Å². The summed E-state index contributed by atoms with van der Waals surface area (Å²) >= 11 is 0. The van der Waals surface area contributed by atoms with Crippen molar-refractivity contribution in [1.82, 2.24) is 9.55 Å². The quantitative estimate of drug-likeness (QED) is 0.893. The van der Waals surface area contributed by atoms with Crippen LogP contribution < -0.4 is 11.0 Å². The maximum absolute atomic E-state index is 12.7. The van der Waals surface area contributed by atoms with Crippen LogP contribution in [0.4, 0.5) is 5.69 Å². The molecule has 7 nitrogen and oxygen atoms in total. The number of carbonyl (C=O) groups excluding carboxylic acids is 1. The molecule has 1 aromatic heterocycles. The molecule has 1 N–H and O–H groups in total. The second-order valence-electron chi connectivity index (χ2n) is 6.76. The van der Waals surface area contributed by atoms with Crippen LogP contribution in [0.1, 0.15) is 12.0 Å². The van der Waals surface area contributed by atoms with Gasteiger partial charge in [-0.3, -0.25) is 9.36 Å². The van der Waals surface area contributed by atoms with Gasteiger partial charge in [0.2, 0.25) is 0 Å². The highest BCUT2D eigenvalue weighted by atomic mass is 16.5. The van der Waals surface area contributed by atoms with E-state index in [-0.39, 0.29) is 17.5 Å². The topological polar surface area (TPSA) is 82.5 Å². The number of carbonyl (C=O) groups is 1. The van der Waals surface area contributed by atoms with Crippen LogP contribution >= 0.6 is 0 Å². The smallest absolute Gasteiger partial charge is 0.347 e. The molecule has 0 radical (unpaired) electrons. The second-order valence-corrected chi connectivity index (χ2v) is 6.76. The first kappa shape index (κ1) is 16.9. The summed E-state index contributed by atoms with van der Waals surface area (Å²) in [6, 6.07) is 9.20. The van der Waals surface area contributed by atoms with E-state index in [0.717, 1.165) is 12.0 Å². The van der Waals surface area contributed by atoms with Gasteiger partial charge in [-0.15, -0.1) is 0 Å². The van der Waals surface area contributed by atoms with Crippen LogP contribution in [0.2, 0.25) is 0 Å². The van der Waals surface area contributed by atoms with Crippen LogP contribution in [-0.4, -0.2) is 41.4 Å². The Kier molecular flexibility index (Phi) is 4.81. The Bertz CT molecular complexity index is 850. The number of hydrogen-bond acceptors (Lipinski definition) is 5. The number of hydrogen-bond donors (Lipinski definition) is 1. The van der Waals surface area contributed by atoms with E-state index in [1.54, 1.807) is 12.3 Å². The van der Waals surface area contributed by atoms with Crippen molar-refractivity contribution in [3.05, 3.63) is 58.8 Å². The Morgan fingerprint density at radius 2 is 2.23 bits per heavy atom. The molecule has 3 heterocycles. The largest absolute Gasteiger partial charge is 0.381 e. The van der Waals surface area contributed by atoms with E-state index in [4.69, 9.17) is 9.47 Å². The average Bonchev–Trinajstić information content (AvgIpc) is 3.08. The third-order valence-corrected chi connectivity index (χ3v) is 5.00. The van der Waals surface area contributed by atoms with Crippen molar-refractivity contribution in [3.8, 4) is 0 Å². The molecule has 0 spiro atoms. The van der Waals surface area contributed by atoms with E-state index < -0.39 is 6.10 Å². The number of nitrogens with zero attached hydrogens (tertiary/aromatic N) is 2. The fourth-order valence-corrected chi connectivity index (χ4v) is 3.67.